The second kappa shape index (κ2) is 7.69. The van der Waals surface area contributed by atoms with Crippen molar-refractivity contribution in [2.24, 2.45) is 0 Å². The second-order valence-electron chi connectivity index (χ2n) is 6.17. The molecule has 3 aromatic rings. The Bertz CT molecular complexity index is 962. The van der Waals surface area contributed by atoms with Crippen molar-refractivity contribution in [2.75, 3.05) is 11.5 Å². The van der Waals surface area contributed by atoms with E-state index in [0.717, 1.165) is 24.3 Å². The summed E-state index contributed by atoms with van der Waals surface area (Å²) in [4.78, 5) is 0. The van der Waals surface area contributed by atoms with Crippen molar-refractivity contribution >= 4 is 11.4 Å². The number of hydrogen-bond donors (Lipinski definition) is 2. The van der Waals surface area contributed by atoms with E-state index < -0.39 is 34.9 Å². The zero-order chi connectivity index (χ0) is 22.1. The van der Waals surface area contributed by atoms with Crippen LogP contribution in [0.3, 0.4) is 0 Å². The van der Waals surface area contributed by atoms with Crippen LogP contribution in [0.25, 0.3) is 0 Å². The number of halogens is 6. The SMILES string of the molecule is Nc1ccc(Oc2ccc(Oc3ccc(N)c(C(F)(F)F)c3)cc2)cc1C(F)(F)F. The molecule has 3 aromatic carbocycles. The molecular formula is C20H14F6N2O2. The van der Waals surface area contributed by atoms with Crippen molar-refractivity contribution in [1.82, 2.24) is 0 Å². The standard InChI is InChI=1S/C20H14F6N2O2/c21-19(22,23)15-9-13(5-7-17(15)27)29-11-1-2-12(4-3-11)30-14-6-8-18(28)16(10-14)20(24,25)26/h1-10H,27-28H2. The van der Waals surface area contributed by atoms with Crippen LogP contribution in [0.4, 0.5) is 37.7 Å². The predicted molar refractivity (Wildman–Crippen MR) is 98.3 cm³/mol. The molecule has 0 aliphatic rings. The van der Waals surface area contributed by atoms with E-state index in [1.165, 1.54) is 36.4 Å². The number of nitrogens with two attached hydrogens (primary N) is 2. The van der Waals surface area contributed by atoms with Gasteiger partial charge in [0, 0.05) is 11.4 Å². The summed E-state index contributed by atoms with van der Waals surface area (Å²) in [6, 6.07) is 11.8. The lowest BCUT2D eigenvalue weighted by atomic mass is 10.1. The lowest BCUT2D eigenvalue weighted by molar-refractivity contribution is -0.137. The van der Waals surface area contributed by atoms with Crippen molar-refractivity contribution in [3.63, 3.8) is 0 Å². The molecule has 4 nitrogen and oxygen atoms in total. The number of alkyl halides is 6. The average Bonchev–Trinajstić information content (AvgIpc) is 2.64. The first-order valence-corrected chi connectivity index (χ1v) is 8.33. The Morgan fingerprint density at radius 2 is 0.800 bits per heavy atom. The summed E-state index contributed by atoms with van der Waals surface area (Å²) in [7, 11) is 0. The van der Waals surface area contributed by atoms with Gasteiger partial charge in [0.15, 0.2) is 0 Å². The maximum Gasteiger partial charge on any atom is 0.418 e. The third-order valence-electron chi connectivity index (χ3n) is 3.96. The zero-order valence-electron chi connectivity index (χ0n) is 15.0. The molecular weight excluding hydrogens is 414 g/mol. The third kappa shape index (κ3) is 4.88. The van der Waals surface area contributed by atoms with Crippen LogP contribution in [-0.4, -0.2) is 0 Å². The molecule has 0 aliphatic carbocycles. The molecule has 0 aromatic heterocycles. The van der Waals surface area contributed by atoms with Crippen molar-refractivity contribution in [3.05, 3.63) is 71.8 Å². The summed E-state index contributed by atoms with van der Waals surface area (Å²) in [5, 5.41) is 0. The number of nitrogen functional groups attached to an aromatic ring is 2. The molecule has 0 heterocycles. The number of anilines is 2. The van der Waals surface area contributed by atoms with Gasteiger partial charge in [0.25, 0.3) is 0 Å². The second-order valence-corrected chi connectivity index (χ2v) is 6.17. The molecule has 10 heteroatoms. The molecule has 3 rings (SSSR count). The Morgan fingerprint density at radius 3 is 1.10 bits per heavy atom. The summed E-state index contributed by atoms with van der Waals surface area (Å²) < 4.78 is 88.3. The van der Waals surface area contributed by atoms with Crippen molar-refractivity contribution in [1.29, 1.82) is 0 Å². The van der Waals surface area contributed by atoms with E-state index in [1.807, 2.05) is 0 Å². The van der Waals surface area contributed by atoms with Gasteiger partial charge in [-0.05, 0) is 60.7 Å². The first kappa shape index (κ1) is 21.2. The highest BCUT2D eigenvalue weighted by molar-refractivity contribution is 5.54. The first-order valence-electron chi connectivity index (χ1n) is 8.33. The lowest BCUT2D eigenvalue weighted by Gasteiger charge is -2.14. The molecule has 0 aliphatic heterocycles. The van der Waals surface area contributed by atoms with Gasteiger partial charge in [-0.25, -0.2) is 0 Å². The Balaban J connectivity index is 1.75. The van der Waals surface area contributed by atoms with Gasteiger partial charge in [0.05, 0.1) is 11.1 Å². The summed E-state index contributed by atoms with van der Waals surface area (Å²) in [6.07, 6.45) is -9.26. The molecule has 0 spiro atoms. The van der Waals surface area contributed by atoms with Crippen LogP contribution < -0.4 is 20.9 Å². The van der Waals surface area contributed by atoms with Gasteiger partial charge in [-0.1, -0.05) is 0 Å². The molecule has 0 saturated heterocycles. The van der Waals surface area contributed by atoms with Crippen LogP contribution in [0.1, 0.15) is 11.1 Å². The van der Waals surface area contributed by atoms with E-state index in [9.17, 15) is 26.3 Å². The number of rotatable bonds is 4. The minimum absolute atomic E-state index is 0.0847. The summed E-state index contributed by atoms with van der Waals surface area (Å²) in [5.74, 6) is 0.208. The number of hydrogen-bond acceptors (Lipinski definition) is 4. The summed E-state index contributed by atoms with van der Waals surface area (Å²) >= 11 is 0. The average molecular weight is 428 g/mol. The Labute approximate surface area is 166 Å². The quantitative estimate of drug-likeness (QED) is 0.369. The maximum atomic E-state index is 12.9. The fourth-order valence-electron chi connectivity index (χ4n) is 2.54. The van der Waals surface area contributed by atoms with Gasteiger partial charge in [-0.15, -0.1) is 0 Å². The van der Waals surface area contributed by atoms with Crippen molar-refractivity contribution in [3.8, 4) is 23.0 Å². The highest BCUT2D eigenvalue weighted by Gasteiger charge is 2.34. The van der Waals surface area contributed by atoms with E-state index in [4.69, 9.17) is 20.9 Å². The Hall–Kier alpha value is -3.56. The highest BCUT2D eigenvalue weighted by Crippen LogP contribution is 2.38. The van der Waals surface area contributed by atoms with Crippen LogP contribution in [0.2, 0.25) is 0 Å². The van der Waals surface area contributed by atoms with E-state index in [2.05, 4.69) is 0 Å². The van der Waals surface area contributed by atoms with E-state index in [-0.39, 0.29) is 23.0 Å². The largest absolute Gasteiger partial charge is 0.457 e. The molecule has 0 unspecified atom stereocenters. The normalized spacial score (nSPS) is 11.9. The monoisotopic (exact) mass is 428 g/mol. The van der Waals surface area contributed by atoms with E-state index >= 15 is 0 Å². The smallest absolute Gasteiger partial charge is 0.418 e. The zero-order valence-corrected chi connectivity index (χ0v) is 15.0. The molecule has 0 bridgehead atoms. The van der Waals surface area contributed by atoms with Crippen molar-refractivity contribution in [2.45, 2.75) is 12.4 Å². The van der Waals surface area contributed by atoms with Gasteiger partial charge in [-0.2, -0.15) is 26.3 Å². The minimum atomic E-state index is -4.63. The predicted octanol–water partition coefficient (Wildman–Crippen LogP) is 6.47. The highest BCUT2D eigenvalue weighted by atomic mass is 19.4. The molecule has 4 N–H and O–H groups in total. The molecule has 0 saturated carbocycles. The number of ether oxygens (including phenoxy) is 2. The van der Waals surface area contributed by atoms with Gasteiger partial charge >= 0.3 is 12.4 Å². The van der Waals surface area contributed by atoms with Gasteiger partial charge in [-0.3, -0.25) is 0 Å². The number of benzene rings is 3. The fraction of sp³-hybridized carbons (Fsp3) is 0.100. The molecule has 0 fully saturated rings. The molecule has 158 valence electrons. The molecule has 0 atom stereocenters. The Kier molecular flexibility index (Phi) is 5.43. The van der Waals surface area contributed by atoms with Crippen LogP contribution in [0.5, 0.6) is 23.0 Å². The van der Waals surface area contributed by atoms with Gasteiger partial charge < -0.3 is 20.9 Å². The summed E-state index contributed by atoms with van der Waals surface area (Å²) in [6.45, 7) is 0. The molecule has 30 heavy (non-hydrogen) atoms. The lowest BCUT2D eigenvalue weighted by Crippen LogP contribution is -2.09. The third-order valence-corrected chi connectivity index (χ3v) is 3.96. The molecule has 0 radical (unpaired) electrons. The molecule has 0 amide bonds. The van der Waals surface area contributed by atoms with E-state index in [0.29, 0.717) is 0 Å². The fourth-order valence-corrected chi connectivity index (χ4v) is 2.54. The van der Waals surface area contributed by atoms with E-state index in [1.54, 1.807) is 0 Å². The van der Waals surface area contributed by atoms with Crippen LogP contribution in [0.15, 0.2) is 60.7 Å². The van der Waals surface area contributed by atoms with Gasteiger partial charge in [0.2, 0.25) is 0 Å². The van der Waals surface area contributed by atoms with Crippen molar-refractivity contribution < 1.29 is 35.8 Å². The topological polar surface area (TPSA) is 70.5 Å². The maximum absolute atomic E-state index is 12.9. The first-order chi connectivity index (χ1) is 13.9. The van der Waals surface area contributed by atoms with Crippen LogP contribution >= 0.6 is 0 Å². The van der Waals surface area contributed by atoms with Gasteiger partial charge in [0.1, 0.15) is 23.0 Å². The Morgan fingerprint density at radius 1 is 0.500 bits per heavy atom. The van der Waals surface area contributed by atoms with Crippen LogP contribution in [-0.2, 0) is 12.4 Å². The van der Waals surface area contributed by atoms with Crippen LogP contribution in [0, 0.1) is 0 Å². The summed E-state index contributed by atoms with van der Waals surface area (Å²) in [5.41, 5.74) is 7.77. The minimum Gasteiger partial charge on any atom is -0.457 e.